The zero-order valence-electron chi connectivity index (χ0n) is 11.9. The van der Waals surface area contributed by atoms with E-state index in [1.54, 1.807) is 0 Å². The molecule has 0 spiro atoms. The summed E-state index contributed by atoms with van der Waals surface area (Å²) in [5.74, 6) is 1.75. The molecule has 1 aromatic carbocycles. The summed E-state index contributed by atoms with van der Waals surface area (Å²) in [4.78, 5) is 0. The van der Waals surface area contributed by atoms with Crippen LogP contribution in [-0.2, 0) is 0 Å². The highest BCUT2D eigenvalue weighted by atomic mass is 35.5. The molecule has 2 N–H and O–H groups in total. The molecule has 1 heterocycles. The van der Waals surface area contributed by atoms with Crippen LogP contribution in [0, 0.1) is 6.92 Å². The van der Waals surface area contributed by atoms with Crippen molar-refractivity contribution in [3.05, 3.63) is 28.0 Å². The lowest BCUT2D eigenvalue weighted by atomic mass is 9.95. The van der Waals surface area contributed by atoms with Gasteiger partial charge >= 0.3 is 0 Å². The Labute approximate surface area is 134 Å². The van der Waals surface area contributed by atoms with Crippen molar-refractivity contribution in [3.63, 3.8) is 0 Å². The summed E-state index contributed by atoms with van der Waals surface area (Å²) in [5.41, 5.74) is 7.08. The molecule has 3 rings (SSSR count). The summed E-state index contributed by atoms with van der Waals surface area (Å²) in [6.07, 6.45) is 6.16. The predicted molar refractivity (Wildman–Crippen MR) is 86.7 cm³/mol. The zero-order chi connectivity index (χ0) is 15.0. The van der Waals surface area contributed by atoms with E-state index in [-0.39, 0.29) is 0 Å². The maximum atomic E-state index is 6.15. The van der Waals surface area contributed by atoms with Gasteiger partial charge < -0.3 is 10.3 Å². The lowest BCUT2D eigenvalue weighted by molar-refractivity contribution is 0.350. The van der Waals surface area contributed by atoms with Gasteiger partial charge in [-0.25, -0.2) is 0 Å². The Morgan fingerprint density at radius 3 is 2.33 bits per heavy atom. The van der Waals surface area contributed by atoms with Crippen LogP contribution in [0.1, 0.15) is 44.0 Å². The van der Waals surface area contributed by atoms with Crippen molar-refractivity contribution < 1.29 is 0 Å². The SMILES string of the molecule is Cc1nnc(-c2cc(Cl)c(N)c(Cl)c2)n1C1CCCCC1. The first-order valence-corrected chi connectivity index (χ1v) is 8.00. The maximum Gasteiger partial charge on any atom is 0.164 e. The first-order valence-electron chi connectivity index (χ1n) is 7.24. The molecular formula is C15H18Cl2N4. The minimum Gasteiger partial charge on any atom is -0.396 e. The zero-order valence-corrected chi connectivity index (χ0v) is 13.5. The van der Waals surface area contributed by atoms with E-state index >= 15 is 0 Å². The Bertz CT molecular complexity index is 637. The van der Waals surface area contributed by atoms with Crippen LogP contribution in [0.15, 0.2) is 12.1 Å². The van der Waals surface area contributed by atoms with E-state index < -0.39 is 0 Å². The van der Waals surface area contributed by atoms with Gasteiger partial charge in [0.25, 0.3) is 0 Å². The molecule has 1 fully saturated rings. The Kier molecular flexibility index (Phi) is 4.09. The van der Waals surface area contributed by atoms with Gasteiger partial charge in [-0.15, -0.1) is 10.2 Å². The van der Waals surface area contributed by atoms with Gasteiger partial charge in [-0.05, 0) is 31.9 Å². The second kappa shape index (κ2) is 5.85. The van der Waals surface area contributed by atoms with Crippen molar-refractivity contribution >= 4 is 28.9 Å². The highest BCUT2D eigenvalue weighted by Gasteiger charge is 2.22. The molecule has 1 aromatic heterocycles. The van der Waals surface area contributed by atoms with Crippen LogP contribution in [-0.4, -0.2) is 14.8 Å². The molecule has 0 unspecified atom stereocenters. The first kappa shape index (κ1) is 14.7. The number of nitrogen functional groups attached to an aromatic ring is 1. The van der Waals surface area contributed by atoms with Crippen molar-refractivity contribution in [1.29, 1.82) is 0 Å². The fourth-order valence-electron chi connectivity index (χ4n) is 3.06. The average molecular weight is 325 g/mol. The highest BCUT2D eigenvalue weighted by Crippen LogP contribution is 2.36. The van der Waals surface area contributed by atoms with Gasteiger partial charge in [0.05, 0.1) is 15.7 Å². The summed E-state index contributed by atoms with van der Waals surface area (Å²) >= 11 is 12.3. The molecule has 0 saturated heterocycles. The molecule has 0 atom stereocenters. The van der Waals surface area contributed by atoms with Crippen molar-refractivity contribution in [2.75, 3.05) is 5.73 Å². The number of aryl methyl sites for hydroxylation is 1. The van der Waals surface area contributed by atoms with Gasteiger partial charge in [0.1, 0.15) is 5.82 Å². The molecular weight excluding hydrogens is 307 g/mol. The van der Waals surface area contributed by atoms with E-state index in [1.807, 2.05) is 19.1 Å². The number of rotatable bonds is 2. The van der Waals surface area contributed by atoms with Gasteiger partial charge in [0.2, 0.25) is 0 Å². The number of hydrogen-bond donors (Lipinski definition) is 1. The third kappa shape index (κ3) is 2.74. The van der Waals surface area contributed by atoms with Crippen molar-refractivity contribution in [1.82, 2.24) is 14.8 Å². The lowest BCUT2D eigenvalue weighted by Crippen LogP contribution is -2.15. The van der Waals surface area contributed by atoms with Gasteiger partial charge in [0, 0.05) is 11.6 Å². The molecule has 4 nitrogen and oxygen atoms in total. The minimum atomic E-state index is 0.405. The largest absolute Gasteiger partial charge is 0.396 e. The molecule has 1 aliphatic carbocycles. The van der Waals surface area contributed by atoms with Crippen molar-refractivity contribution in [2.24, 2.45) is 0 Å². The van der Waals surface area contributed by atoms with Crippen LogP contribution < -0.4 is 5.73 Å². The maximum absolute atomic E-state index is 6.15. The molecule has 1 saturated carbocycles. The molecule has 0 bridgehead atoms. The normalized spacial score (nSPS) is 16.3. The monoisotopic (exact) mass is 324 g/mol. The van der Waals surface area contributed by atoms with E-state index in [0.717, 1.165) is 17.2 Å². The topological polar surface area (TPSA) is 56.7 Å². The number of benzene rings is 1. The smallest absolute Gasteiger partial charge is 0.164 e. The van der Waals surface area contributed by atoms with E-state index in [4.69, 9.17) is 28.9 Å². The second-order valence-corrected chi connectivity index (χ2v) is 6.40. The van der Waals surface area contributed by atoms with Crippen LogP contribution >= 0.6 is 23.2 Å². The van der Waals surface area contributed by atoms with E-state index in [2.05, 4.69) is 14.8 Å². The summed E-state index contributed by atoms with van der Waals surface area (Å²) in [6.45, 7) is 1.99. The number of hydrogen-bond acceptors (Lipinski definition) is 3. The molecule has 6 heteroatoms. The molecule has 0 radical (unpaired) electrons. The van der Waals surface area contributed by atoms with Gasteiger partial charge in [-0.3, -0.25) is 0 Å². The van der Waals surface area contributed by atoms with Crippen LogP contribution in [0.4, 0.5) is 5.69 Å². The van der Waals surface area contributed by atoms with Crippen molar-refractivity contribution in [3.8, 4) is 11.4 Å². The third-order valence-electron chi connectivity index (χ3n) is 4.14. The average Bonchev–Trinajstić information content (AvgIpc) is 2.87. The van der Waals surface area contributed by atoms with Crippen LogP contribution in [0.3, 0.4) is 0 Å². The second-order valence-electron chi connectivity index (χ2n) is 5.59. The Morgan fingerprint density at radius 2 is 1.71 bits per heavy atom. The molecule has 112 valence electrons. The molecule has 0 amide bonds. The Hall–Kier alpha value is -1.26. The standard InChI is InChI=1S/C15H18Cl2N4/c1-9-19-20-15(21(9)11-5-3-2-4-6-11)10-7-12(16)14(18)13(17)8-10/h7-8,11H,2-6,18H2,1H3. The minimum absolute atomic E-state index is 0.405. The summed E-state index contributed by atoms with van der Waals surface area (Å²) in [5, 5.41) is 9.48. The van der Waals surface area contributed by atoms with E-state index in [1.165, 1.54) is 32.1 Å². The number of nitrogens with zero attached hydrogens (tertiary/aromatic N) is 3. The Balaban J connectivity index is 2.07. The summed E-state index contributed by atoms with van der Waals surface area (Å²) < 4.78 is 2.22. The quantitative estimate of drug-likeness (QED) is 0.818. The molecule has 1 aliphatic rings. The van der Waals surface area contributed by atoms with Gasteiger partial charge in [-0.2, -0.15) is 0 Å². The third-order valence-corrected chi connectivity index (χ3v) is 4.77. The van der Waals surface area contributed by atoms with E-state index in [9.17, 15) is 0 Å². The van der Waals surface area contributed by atoms with Gasteiger partial charge in [-0.1, -0.05) is 42.5 Å². The fourth-order valence-corrected chi connectivity index (χ4v) is 3.54. The highest BCUT2D eigenvalue weighted by molar-refractivity contribution is 6.39. The van der Waals surface area contributed by atoms with Crippen LogP contribution in [0.2, 0.25) is 10.0 Å². The van der Waals surface area contributed by atoms with Crippen LogP contribution in [0.5, 0.6) is 0 Å². The first-order chi connectivity index (χ1) is 10.1. The van der Waals surface area contributed by atoms with Crippen LogP contribution in [0.25, 0.3) is 11.4 Å². The lowest BCUT2D eigenvalue weighted by Gasteiger charge is -2.25. The Morgan fingerprint density at radius 1 is 1.10 bits per heavy atom. The summed E-state index contributed by atoms with van der Waals surface area (Å²) in [7, 11) is 0. The predicted octanol–water partition coefficient (Wildman–Crippen LogP) is 4.65. The van der Waals surface area contributed by atoms with E-state index in [0.29, 0.717) is 21.8 Å². The number of nitrogens with two attached hydrogens (primary N) is 1. The van der Waals surface area contributed by atoms with Gasteiger partial charge in [0.15, 0.2) is 5.82 Å². The molecule has 0 aliphatic heterocycles. The molecule has 2 aromatic rings. The molecule has 21 heavy (non-hydrogen) atoms. The number of aromatic nitrogens is 3. The fraction of sp³-hybridized carbons (Fsp3) is 0.467. The number of halogens is 2. The van der Waals surface area contributed by atoms with Crippen molar-refractivity contribution in [2.45, 2.75) is 45.1 Å². The number of anilines is 1. The summed E-state index contributed by atoms with van der Waals surface area (Å²) in [6, 6.07) is 4.08.